The van der Waals surface area contributed by atoms with E-state index in [1.54, 1.807) is 18.2 Å². The van der Waals surface area contributed by atoms with Gasteiger partial charge >= 0.3 is 0 Å². The second kappa shape index (κ2) is 6.94. The average molecular weight is 409 g/mol. The average Bonchev–Trinajstić information content (AvgIpc) is 2.91. The summed E-state index contributed by atoms with van der Waals surface area (Å²) in [7, 11) is 0. The van der Waals surface area contributed by atoms with Crippen molar-refractivity contribution in [1.29, 1.82) is 0 Å². The third kappa shape index (κ3) is 3.09. The van der Waals surface area contributed by atoms with Crippen molar-refractivity contribution in [2.45, 2.75) is 25.9 Å². The molecule has 1 aliphatic rings. The van der Waals surface area contributed by atoms with Crippen LogP contribution >= 0.6 is 23.2 Å². The molecule has 1 aromatic heterocycles. The van der Waals surface area contributed by atoms with Crippen molar-refractivity contribution in [1.82, 2.24) is 9.36 Å². The summed E-state index contributed by atoms with van der Waals surface area (Å²) in [5.74, 6) is -0.361. The number of aromatic hydroxyl groups is 1. The van der Waals surface area contributed by atoms with Gasteiger partial charge in [-0.25, -0.2) is 4.68 Å². The molecular weight excluding hydrogens is 394 g/mol. The fourth-order valence-corrected chi connectivity index (χ4v) is 3.73. The minimum atomic E-state index is -0.627. The van der Waals surface area contributed by atoms with Gasteiger partial charge in [0.05, 0.1) is 10.0 Å². The fraction of sp³-hybridized carbons (Fsp3) is 0.211. The number of rotatable bonds is 3. The maximum Gasteiger partial charge on any atom is 0.277 e. The molecule has 0 fully saturated rings. The number of fused-ring (bicyclic) bond motifs is 1. The third-order valence-electron chi connectivity index (χ3n) is 4.54. The van der Waals surface area contributed by atoms with Crippen molar-refractivity contribution in [2.24, 2.45) is 0 Å². The highest BCUT2D eigenvalue weighted by Gasteiger charge is 2.26. The molecule has 4 rings (SSSR count). The van der Waals surface area contributed by atoms with Crippen molar-refractivity contribution < 1.29 is 14.2 Å². The zero-order chi connectivity index (χ0) is 19.1. The SMILES string of the molecule is O=c1c(-c2cc(Oc3ccccc3O)c(Cl)cc2Cl)c(F)n2n1CCCC2. The van der Waals surface area contributed by atoms with Crippen molar-refractivity contribution in [3.05, 3.63) is 62.7 Å². The summed E-state index contributed by atoms with van der Waals surface area (Å²) in [5, 5.41) is 10.2. The van der Waals surface area contributed by atoms with Crippen LogP contribution in [0.5, 0.6) is 17.2 Å². The first-order valence-corrected chi connectivity index (χ1v) is 9.17. The van der Waals surface area contributed by atoms with Crippen LogP contribution in [0.15, 0.2) is 41.2 Å². The van der Waals surface area contributed by atoms with Crippen LogP contribution in [0.3, 0.4) is 0 Å². The maximum atomic E-state index is 14.9. The molecule has 5 nitrogen and oxygen atoms in total. The Morgan fingerprint density at radius 1 is 1.00 bits per heavy atom. The topological polar surface area (TPSA) is 56.4 Å². The smallest absolute Gasteiger partial charge is 0.277 e. The van der Waals surface area contributed by atoms with E-state index in [0.29, 0.717) is 13.1 Å². The summed E-state index contributed by atoms with van der Waals surface area (Å²) in [6, 6.07) is 9.19. The van der Waals surface area contributed by atoms with Gasteiger partial charge in [0.2, 0.25) is 5.95 Å². The number of hydrogen-bond acceptors (Lipinski definition) is 3. The van der Waals surface area contributed by atoms with E-state index < -0.39 is 11.5 Å². The fourth-order valence-electron chi connectivity index (χ4n) is 3.21. The van der Waals surface area contributed by atoms with E-state index in [2.05, 4.69) is 0 Å². The molecule has 140 valence electrons. The number of hydrogen-bond donors (Lipinski definition) is 1. The van der Waals surface area contributed by atoms with Crippen LogP contribution in [0.25, 0.3) is 11.1 Å². The lowest BCUT2D eigenvalue weighted by Crippen LogP contribution is -2.27. The predicted octanol–water partition coefficient (Wildman–Crippen LogP) is 5.05. The van der Waals surface area contributed by atoms with Gasteiger partial charge in [0.15, 0.2) is 11.5 Å². The summed E-state index contributed by atoms with van der Waals surface area (Å²) >= 11 is 12.5. The van der Waals surface area contributed by atoms with E-state index in [1.807, 2.05) is 0 Å². The molecule has 0 atom stereocenters. The molecule has 3 aromatic rings. The summed E-state index contributed by atoms with van der Waals surface area (Å²) in [5.41, 5.74) is -0.353. The van der Waals surface area contributed by atoms with E-state index in [0.717, 1.165) is 12.8 Å². The highest BCUT2D eigenvalue weighted by atomic mass is 35.5. The van der Waals surface area contributed by atoms with Crippen LogP contribution in [0.2, 0.25) is 10.0 Å². The molecule has 0 saturated heterocycles. The molecule has 0 amide bonds. The molecule has 8 heteroatoms. The Labute approximate surface area is 164 Å². The first kappa shape index (κ1) is 17.9. The minimum Gasteiger partial charge on any atom is -0.504 e. The molecule has 1 N–H and O–H groups in total. The summed E-state index contributed by atoms with van der Waals surface area (Å²) in [6.45, 7) is 0.899. The van der Waals surface area contributed by atoms with Gasteiger partial charge in [0.25, 0.3) is 5.56 Å². The molecule has 1 aliphatic heterocycles. The molecule has 27 heavy (non-hydrogen) atoms. The first-order valence-electron chi connectivity index (χ1n) is 8.41. The molecule has 2 heterocycles. The van der Waals surface area contributed by atoms with Gasteiger partial charge in [-0.1, -0.05) is 35.3 Å². The van der Waals surface area contributed by atoms with E-state index in [4.69, 9.17) is 27.9 Å². The Morgan fingerprint density at radius 3 is 2.41 bits per heavy atom. The van der Waals surface area contributed by atoms with Crippen molar-refractivity contribution >= 4 is 23.2 Å². The molecule has 0 unspecified atom stereocenters. The Bertz CT molecular complexity index is 1090. The van der Waals surface area contributed by atoms with E-state index in [1.165, 1.54) is 27.6 Å². The normalized spacial score (nSPS) is 13.4. The lowest BCUT2D eigenvalue weighted by Gasteiger charge is -2.16. The monoisotopic (exact) mass is 408 g/mol. The zero-order valence-corrected chi connectivity index (χ0v) is 15.6. The summed E-state index contributed by atoms with van der Waals surface area (Å²) in [4.78, 5) is 12.7. The van der Waals surface area contributed by atoms with Crippen LogP contribution in [-0.4, -0.2) is 14.5 Å². The predicted molar refractivity (Wildman–Crippen MR) is 102 cm³/mol. The summed E-state index contributed by atoms with van der Waals surface area (Å²) < 4.78 is 23.3. The Morgan fingerprint density at radius 2 is 1.70 bits per heavy atom. The van der Waals surface area contributed by atoms with E-state index in [9.17, 15) is 14.3 Å². The van der Waals surface area contributed by atoms with Gasteiger partial charge in [-0.15, -0.1) is 0 Å². The third-order valence-corrected chi connectivity index (χ3v) is 5.15. The van der Waals surface area contributed by atoms with Crippen molar-refractivity contribution in [3.63, 3.8) is 0 Å². The van der Waals surface area contributed by atoms with Gasteiger partial charge in [-0.05, 0) is 37.1 Å². The van der Waals surface area contributed by atoms with Crippen LogP contribution in [0.4, 0.5) is 4.39 Å². The zero-order valence-electron chi connectivity index (χ0n) is 14.1. The Hall–Kier alpha value is -2.44. The quantitative estimate of drug-likeness (QED) is 0.659. The largest absolute Gasteiger partial charge is 0.504 e. The minimum absolute atomic E-state index is 0.0735. The number of phenols is 1. The molecule has 2 aromatic carbocycles. The number of aromatic nitrogens is 2. The van der Waals surface area contributed by atoms with Gasteiger partial charge in [0, 0.05) is 18.7 Å². The van der Waals surface area contributed by atoms with Crippen LogP contribution < -0.4 is 10.3 Å². The number of para-hydroxylation sites is 2. The number of nitrogens with zero attached hydrogens (tertiary/aromatic N) is 2. The molecule has 0 radical (unpaired) electrons. The molecular formula is C19H15Cl2FN2O3. The van der Waals surface area contributed by atoms with Gasteiger partial charge in [-0.3, -0.25) is 9.48 Å². The van der Waals surface area contributed by atoms with Gasteiger partial charge in [0.1, 0.15) is 11.3 Å². The van der Waals surface area contributed by atoms with Crippen molar-refractivity contribution in [2.75, 3.05) is 0 Å². The second-order valence-electron chi connectivity index (χ2n) is 6.26. The summed E-state index contributed by atoms with van der Waals surface area (Å²) in [6.07, 6.45) is 1.62. The molecule has 0 bridgehead atoms. The molecule has 0 saturated carbocycles. The number of ether oxygens (including phenoxy) is 1. The van der Waals surface area contributed by atoms with Crippen LogP contribution in [0.1, 0.15) is 12.8 Å². The van der Waals surface area contributed by atoms with Gasteiger partial charge < -0.3 is 9.84 Å². The lowest BCUT2D eigenvalue weighted by atomic mass is 10.1. The Balaban J connectivity index is 1.85. The highest BCUT2D eigenvalue weighted by Crippen LogP contribution is 2.40. The maximum absolute atomic E-state index is 14.9. The molecule has 0 spiro atoms. The van der Waals surface area contributed by atoms with E-state index in [-0.39, 0.29) is 38.4 Å². The van der Waals surface area contributed by atoms with Gasteiger partial charge in [-0.2, -0.15) is 4.39 Å². The first-order chi connectivity index (χ1) is 13.0. The number of benzene rings is 2. The standard InChI is InChI=1S/C19H15Cl2FN2O3/c20-12-10-13(21)16(27-15-6-2-1-5-14(15)25)9-11(12)17-18(22)23-7-3-4-8-24(23)19(17)26/h1-2,5-6,9-10,25H,3-4,7-8H2. The molecule has 0 aliphatic carbocycles. The number of phenolic OH excluding ortho intramolecular Hbond substituents is 1. The van der Waals surface area contributed by atoms with Crippen molar-refractivity contribution in [3.8, 4) is 28.4 Å². The Kier molecular flexibility index (Phi) is 4.61. The highest BCUT2D eigenvalue weighted by molar-refractivity contribution is 6.37. The van der Waals surface area contributed by atoms with Crippen LogP contribution in [0, 0.1) is 5.95 Å². The number of halogens is 3. The van der Waals surface area contributed by atoms with Crippen LogP contribution in [-0.2, 0) is 13.1 Å². The van der Waals surface area contributed by atoms with E-state index >= 15 is 0 Å². The second-order valence-corrected chi connectivity index (χ2v) is 7.07. The lowest BCUT2D eigenvalue weighted by molar-refractivity contribution is 0.310.